The molecule has 0 spiro atoms. The first-order chi connectivity index (χ1) is 19.8. The Morgan fingerprint density at radius 2 is 1.20 bits per heavy atom. The summed E-state index contributed by atoms with van der Waals surface area (Å²) in [4.78, 5) is 0. The van der Waals surface area contributed by atoms with Gasteiger partial charge in [-0.2, -0.15) is 5.26 Å². The van der Waals surface area contributed by atoms with Crippen LogP contribution in [0.25, 0.3) is 75.5 Å². The SMILES string of the molecule is N#Cc1ccccc1-c1cccc(-c2ccc3oc4ccccc4c3c2)c1-c1ccc2c(c1)sc1ccccc12. The van der Waals surface area contributed by atoms with Gasteiger partial charge in [0.05, 0.1) is 11.6 Å². The number of furan rings is 1. The number of nitrogens with zero attached hydrogens (tertiary/aromatic N) is 1. The molecular formula is C37H21NOS. The van der Waals surface area contributed by atoms with Gasteiger partial charge in [-0.1, -0.05) is 91.0 Å². The second kappa shape index (κ2) is 8.95. The molecule has 40 heavy (non-hydrogen) atoms. The van der Waals surface area contributed by atoms with Crippen LogP contribution in [0.5, 0.6) is 0 Å². The minimum atomic E-state index is 0.667. The molecule has 0 saturated heterocycles. The Labute approximate surface area is 235 Å². The number of hydrogen-bond donors (Lipinski definition) is 0. The largest absolute Gasteiger partial charge is 0.456 e. The summed E-state index contributed by atoms with van der Waals surface area (Å²) >= 11 is 1.82. The van der Waals surface area contributed by atoms with Crippen LogP contribution in [0.15, 0.2) is 132 Å². The maximum absolute atomic E-state index is 9.99. The van der Waals surface area contributed by atoms with E-state index >= 15 is 0 Å². The molecule has 2 aromatic heterocycles. The van der Waals surface area contributed by atoms with Crippen molar-refractivity contribution in [1.82, 2.24) is 0 Å². The normalized spacial score (nSPS) is 11.5. The van der Waals surface area contributed by atoms with E-state index in [1.54, 1.807) is 0 Å². The zero-order chi connectivity index (χ0) is 26.6. The molecule has 0 atom stereocenters. The van der Waals surface area contributed by atoms with Crippen LogP contribution in [-0.2, 0) is 0 Å². The topological polar surface area (TPSA) is 36.9 Å². The molecule has 0 aliphatic carbocycles. The Balaban J connectivity index is 1.43. The first-order valence-corrected chi connectivity index (χ1v) is 14.1. The highest BCUT2D eigenvalue weighted by atomic mass is 32.1. The minimum absolute atomic E-state index is 0.667. The van der Waals surface area contributed by atoms with E-state index in [9.17, 15) is 5.26 Å². The number of thiophene rings is 1. The van der Waals surface area contributed by atoms with Gasteiger partial charge >= 0.3 is 0 Å². The van der Waals surface area contributed by atoms with Gasteiger partial charge in [-0.3, -0.25) is 0 Å². The molecule has 0 aliphatic rings. The van der Waals surface area contributed by atoms with Crippen LogP contribution in [0.3, 0.4) is 0 Å². The zero-order valence-electron chi connectivity index (χ0n) is 21.4. The number of nitriles is 1. The van der Waals surface area contributed by atoms with Gasteiger partial charge in [0.1, 0.15) is 11.2 Å². The summed E-state index contributed by atoms with van der Waals surface area (Å²) in [5.41, 5.74) is 8.91. The lowest BCUT2D eigenvalue weighted by molar-refractivity contribution is 0.669. The van der Waals surface area contributed by atoms with Crippen LogP contribution < -0.4 is 0 Å². The lowest BCUT2D eigenvalue weighted by atomic mass is 9.86. The Hall–Kier alpha value is -5.17. The van der Waals surface area contributed by atoms with Gasteiger partial charge in [0.15, 0.2) is 0 Å². The van der Waals surface area contributed by atoms with Crippen molar-refractivity contribution in [1.29, 1.82) is 5.26 Å². The monoisotopic (exact) mass is 527 g/mol. The summed E-state index contributed by atoms with van der Waals surface area (Å²) < 4.78 is 8.67. The molecule has 0 bridgehead atoms. The molecule has 0 N–H and O–H groups in total. The second-order valence-electron chi connectivity index (χ2n) is 10.0. The molecule has 6 aromatic carbocycles. The van der Waals surface area contributed by atoms with E-state index < -0.39 is 0 Å². The van der Waals surface area contributed by atoms with Gasteiger partial charge < -0.3 is 4.42 Å². The highest BCUT2D eigenvalue weighted by molar-refractivity contribution is 7.25. The average molecular weight is 528 g/mol. The predicted octanol–water partition coefficient (Wildman–Crippen LogP) is 10.8. The molecule has 0 aliphatic heterocycles. The number of rotatable bonds is 3. The Morgan fingerprint density at radius 3 is 2.12 bits per heavy atom. The third-order valence-electron chi connectivity index (χ3n) is 7.76. The molecule has 0 radical (unpaired) electrons. The van der Waals surface area contributed by atoms with Crippen molar-refractivity contribution in [2.75, 3.05) is 0 Å². The van der Waals surface area contributed by atoms with Crippen LogP contribution in [-0.4, -0.2) is 0 Å². The summed E-state index contributed by atoms with van der Waals surface area (Å²) in [7, 11) is 0. The van der Waals surface area contributed by atoms with E-state index in [2.05, 4.69) is 97.1 Å². The van der Waals surface area contributed by atoms with Crippen molar-refractivity contribution in [3.63, 3.8) is 0 Å². The Kier molecular flexibility index (Phi) is 5.10. The van der Waals surface area contributed by atoms with Crippen molar-refractivity contribution >= 4 is 53.4 Å². The van der Waals surface area contributed by atoms with Crippen LogP contribution >= 0.6 is 11.3 Å². The van der Waals surface area contributed by atoms with Crippen LogP contribution in [0.4, 0.5) is 0 Å². The number of benzene rings is 6. The molecule has 0 amide bonds. The highest BCUT2D eigenvalue weighted by Gasteiger charge is 2.18. The van der Waals surface area contributed by atoms with E-state index in [0.717, 1.165) is 55.3 Å². The second-order valence-corrected chi connectivity index (χ2v) is 11.1. The first-order valence-electron chi connectivity index (χ1n) is 13.2. The first kappa shape index (κ1) is 22.8. The summed E-state index contributed by atoms with van der Waals surface area (Å²) in [5.74, 6) is 0. The van der Waals surface area contributed by atoms with E-state index in [-0.39, 0.29) is 0 Å². The molecule has 186 valence electrons. The van der Waals surface area contributed by atoms with Crippen molar-refractivity contribution in [2.45, 2.75) is 0 Å². The maximum Gasteiger partial charge on any atom is 0.135 e. The van der Waals surface area contributed by atoms with Gasteiger partial charge in [0.25, 0.3) is 0 Å². The highest BCUT2D eigenvalue weighted by Crippen LogP contribution is 2.44. The number of fused-ring (bicyclic) bond motifs is 6. The third kappa shape index (κ3) is 3.48. The molecule has 8 rings (SSSR count). The molecule has 2 heterocycles. The molecule has 0 saturated carbocycles. The Morgan fingerprint density at radius 1 is 0.500 bits per heavy atom. The smallest absolute Gasteiger partial charge is 0.135 e. The summed E-state index contributed by atoms with van der Waals surface area (Å²) in [6, 6.07) is 46.7. The predicted molar refractivity (Wildman–Crippen MR) is 168 cm³/mol. The summed E-state index contributed by atoms with van der Waals surface area (Å²) in [6.07, 6.45) is 0. The molecular weight excluding hydrogens is 506 g/mol. The lowest BCUT2D eigenvalue weighted by Crippen LogP contribution is -1.92. The third-order valence-corrected chi connectivity index (χ3v) is 8.89. The van der Waals surface area contributed by atoms with Gasteiger partial charge in [-0.15, -0.1) is 11.3 Å². The lowest BCUT2D eigenvalue weighted by Gasteiger charge is -2.17. The van der Waals surface area contributed by atoms with Gasteiger partial charge in [-0.25, -0.2) is 0 Å². The van der Waals surface area contributed by atoms with Crippen molar-refractivity contribution in [3.05, 3.63) is 133 Å². The minimum Gasteiger partial charge on any atom is -0.456 e. The van der Waals surface area contributed by atoms with Gasteiger partial charge in [0.2, 0.25) is 0 Å². The molecule has 0 fully saturated rings. The van der Waals surface area contributed by atoms with E-state index in [1.807, 2.05) is 47.7 Å². The Bertz CT molecular complexity index is 2300. The maximum atomic E-state index is 9.99. The van der Waals surface area contributed by atoms with Crippen molar-refractivity contribution < 1.29 is 4.42 Å². The number of para-hydroxylation sites is 1. The quantitative estimate of drug-likeness (QED) is 0.229. The number of hydrogen-bond acceptors (Lipinski definition) is 3. The van der Waals surface area contributed by atoms with Crippen LogP contribution in [0.1, 0.15) is 5.56 Å². The molecule has 3 heteroatoms. The van der Waals surface area contributed by atoms with E-state index in [4.69, 9.17) is 4.42 Å². The van der Waals surface area contributed by atoms with Crippen LogP contribution in [0, 0.1) is 11.3 Å². The molecule has 2 nitrogen and oxygen atoms in total. The fourth-order valence-corrected chi connectivity index (χ4v) is 7.06. The fourth-order valence-electron chi connectivity index (χ4n) is 5.92. The van der Waals surface area contributed by atoms with Gasteiger partial charge in [-0.05, 0) is 64.2 Å². The summed E-state index contributed by atoms with van der Waals surface area (Å²) in [5, 5.41) is 14.8. The fraction of sp³-hybridized carbons (Fsp3) is 0. The molecule has 0 unspecified atom stereocenters. The zero-order valence-corrected chi connectivity index (χ0v) is 22.2. The summed E-state index contributed by atoms with van der Waals surface area (Å²) in [6.45, 7) is 0. The van der Waals surface area contributed by atoms with Gasteiger partial charge in [0, 0.05) is 36.5 Å². The van der Waals surface area contributed by atoms with E-state index in [0.29, 0.717) is 5.56 Å². The standard InChI is InChI=1S/C37H21NOS/c38-22-25-8-1-2-9-26(25)31-13-7-12-27(23-17-19-34-32(20-23)28-10-3-5-14-33(28)39-34)37(31)24-16-18-30-29-11-4-6-15-35(29)40-36(30)21-24/h1-21H. The average Bonchev–Trinajstić information content (AvgIpc) is 3.58. The van der Waals surface area contributed by atoms with Crippen molar-refractivity contribution in [3.8, 4) is 39.4 Å². The van der Waals surface area contributed by atoms with Crippen LogP contribution in [0.2, 0.25) is 0 Å². The van der Waals surface area contributed by atoms with Crippen molar-refractivity contribution in [2.24, 2.45) is 0 Å². The molecule has 8 aromatic rings. The van der Waals surface area contributed by atoms with E-state index in [1.165, 1.54) is 20.2 Å².